The molecule has 0 atom stereocenters. The van der Waals surface area contributed by atoms with Crippen LogP contribution in [-0.2, 0) is 4.79 Å². The Hall–Kier alpha value is -4.31. The molecule has 10 heteroatoms. The fraction of sp³-hybridized carbons (Fsp3) is 0.0833. The minimum Gasteiger partial charge on any atom is -0.272 e. The number of aromatic nitrogens is 3. The summed E-state index contributed by atoms with van der Waals surface area (Å²) >= 11 is 1.19. The Bertz CT molecular complexity index is 1350. The van der Waals surface area contributed by atoms with Gasteiger partial charge >= 0.3 is 0 Å². The first-order valence-electron chi connectivity index (χ1n) is 10.3. The highest BCUT2D eigenvalue weighted by atomic mass is 32.2. The van der Waals surface area contributed by atoms with Gasteiger partial charge in [0.15, 0.2) is 11.0 Å². The maximum atomic E-state index is 12.4. The minimum atomic E-state index is -0.454. The first kappa shape index (κ1) is 22.9. The van der Waals surface area contributed by atoms with Crippen LogP contribution < -0.4 is 5.43 Å². The number of nitro groups is 1. The normalized spacial score (nSPS) is 11.0. The highest BCUT2D eigenvalue weighted by molar-refractivity contribution is 7.99. The number of carbonyl (C=O) groups excluding carboxylic acids is 1. The quantitative estimate of drug-likeness (QED) is 0.176. The van der Waals surface area contributed by atoms with Crippen molar-refractivity contribution in [2.24, 2.45) is 5.10 Å². The lowest BCUT2D eigenvalue weighted by Crippen LogP contribution is -2.20. The second-order valence-electron chi connectivity index (χ2n) is 7.22. The molecule has 0 saturated carbocycles. The number of hydrazone groups is 1. The lowest BCUT2D eigenvalue weighted by molar-refractivity contribution is -0.384. The van der Waals surface area contributed by atoms with E-state index < -0.39 is 4.92 Å². The highest BCUT2D eigenvalue weighted by Crippen LogP contribution is 2.29. The summed E-state index contributed by atoms with van der Waals surface area (Å²) in [5, 5.41) is 24.2. The third-order valence-corrected chi connectivity index (χ3v) is 5.81. The fourth-order valence-corrected chi connectivity index (χ4v) is 3.93. The molecular weight excluding hydrogens is 452 g/mol. The van der Waals surface area contributed by atoms with Gasteiger partial charge in [-0.2, -0.15) is 5.10 Å². The van der Waals surface area contributed by atoms with E-state index in [9.17, 15) is 14.9 Å². The van der Waals surface area contributed by atoms with Gasteiger partial charge in [0.2, 0.25) is 0 Å². The van der Waals surface area contributed by atoms with E-state index in [1.165, 1.54) is 23.9 Å². The monoisotopic (exact) mass is 472 g/mol. The summed E-state index contributed by atoms with van der Waals surface area (Å²) in [6.07, 6.45) is 1.60. The van der Waals surface area contributed by atoms with E-state index in [1.807, 2.05) is 61.5 Å². The molecule has 4 aromatic rings. The molecule has 1 aromatic heterocycles. The molecule has 34 heavy (non-hydrogen) atoms. The summed E-state index contributed by atoms with van der Waals surface area (Å²) in [4.78, 5) is 23.1. The molecule has 0 spiro atoms. The minimum absolute atomic E-state index is 0.0415. The molecule has 9 nitrogen and oxygen atoms in total. The van der Waals surface area contributed by atoms with Gasteiger partial charge in [-0.3, -0.25) is 19.5 Å². The van der Waals surface area contributed by atoms with Gasteiger partial charge in [-0.05, 0) is 30.2 Å². The van der Waals surface area contributed by atoms with E-state index in [-0.39, 0.29) is 17.3 Å². The number of non-ortho nitro benzene ring substituents is 1. The van der Waals surface area contributed by atoms with Crippen LogP contribution >= 0.6 is 11.8 Å². The van der Waals surface area contributed by atoms with Crippen LogP contribution in [-0.4, -0.2) is 37.6 Å². The Morgan fingerprint density at radius 1 is 1.09 bits per heavy atom. The van der Waals surface area contributed by atoms with Gasteiger partial charge in [-0.15, -0.1) is 10.2 Å². The average Bonchev–Trinajstić information content (AvgIpc) is 3.28. The molecule has 4 rings (SSSR count). The molecule has 0 bridgehead atoms. The van der Waals surface area contributed by atoms with Crippen LogP contribution in [0.15, 0.2) is 89.1 Å². The van der Waals surface area contributed by atoms with Crippen molar-refractivity contribution >= 4 is 29.6 Å². The number of thioether (sulfide) groups is 1. The topological polar surface area (TPSA) is 115 Å². The SMILES string of the molecule is Cc1ccccc1C=NNC(=O)CSc1nnc(-c2cccc([N+](=O)[O-])c2)n1-c1ccccc1. The summed E-state index contributed by atoms with van der Waals surface area (Å²) in [7, 11) is 0. The van der Waals surface area contributed by atoms with Crippen molar-refractivity contribution in [3.05, 3.63) is 100 Å². The largest absolute Gasteiger partial charge is 0.272 e. The van der Waals surface area contributed by atoms with Gasteiger partial charge in [-0.1, -0.05) is 66.4 Å². The molecule has 3 aromatic carbocycles. The number of aryl methyl sites for hydroxylation is 1. The third kappa shape index (κ3) is 5.36. The van der Waals surface area contributed by atoms with E-state index in [0.717, 1.165) is 16.8 Å². The predicted molar refractivity (Wildman–Crippen MR) is 131 cm³/mol. The number of hydrogen-bond donors (Lipinski definition) is 1. The van der Waals surface area contributed by atoms with E-state index in [2.05, 4.69) is 20.7 Å². The first-order chi connectivity index (χ1) is 16.5. The van der Waals surface area contributed by atoms with Gasteiger partial charge in [0.1, 0.15) is 0 Å². The molecule has 170 valence electrons. The summed E-state index contributed by atoms with van der Waals surface area (Å²) in [5.41, 5.74) is 5.77. The van der Waals surface area contributed by atoms with Crippen molar-refractivity contribution in [3.8, 4) is 17.1 Å². The van der Waals surface area contributed by atoms with Crippen LogP contribution in [0.25, 0.3) is 17.1 Å². The molecule has 0 saturated heterocycles. The smallest absolute Gasteiger partial charge is 0.270 e. The molecule has 1 N–H and O–H groups in total. The van der Waals surface area contributed by atoms with E-state index >= 15 is 0 Å². The number of amides is 1. The van der Waals surface area contributed by atoms with E-state index in [4.69, 9.17) is 0 Å². The molecule has 1 amide bonds. The molecule has 1 heterocycles. The van der Waals surface area contributed by atoms with Gasteiger partial charge in [-0.25, -0.2) is 5.43 Å². The number of rotatable bonds is 8. The van der Waals surface area contributed by atoms with Gasteiger partial charge < -0.3 is 0 Å². The van der Waals surface area contributed by atoms with Crippen molar-refractivity contribution in [3.63, 3.8) is 0 Å². The van der Waals surface area contributed by atoms with Crippen LogP contribution in [0.5, 0.6) is 0 Å². The predicted octanol–water partition coefficient (Wildman–Crippen LogP) is 4.39. The lowest BCUT2D eigenvalue weighted by atomic mass is 10.1. The standard InChI is InChI=1S/C24H20N6O3S/c1-17-8-5-6-9-19(17)15-25-26-22(31)16-34-24-28-27-23(29(24)20-11-3-2-4-12-20)18-10-7-13-21(14-18)30(32)33/h2-15H,16H2,1H3,(H,26,31). The first-order valence-corrected chi connectivity index (χ1v) is 11.3. The molecular formula is C24H20N6O3S. The Morgan fingerprint density at radius 3 is 2.62 bits per heavy atom. The summed E-state index contributed by atoms with van der Waals surface area (Å²) in [5.74, 6) is 0.204. The maximum absolute atomic E-state index is 12.4. The fourth-order valence-electron chi connectivity index (χ4n) is 3.19. The van der Waals surface area contributed by atoms with Crippen LogP contribution in [0.1, 0.15) is 11.1 Å². The zero-order valence-electron chi connectivity index (χ0n) is 18.2. The van der Waals surface area contributed by atoms with Crippen molar-refractivity contribution < 1.29 is 9.72 Å². The number of nitrogens with one attached hydrogen (secondary N) is 1. The van der Waals surface area contributed by atoms with Crippen molar-refractivity contribution in [2.75, 3.05) is 5.75 Å². The van der Waals surface area contributed by atoms with Crippen LogP contribution in [0.3, 0.4) is 0 Å². The van der Waals surface area contributed by atoms with Crippen molar-refractivity contribution in [2.45, 2.75) is 12.1 Å². The van der Waals surface area contributed by atoms with E-state index in [0.29, 0.717) is 16.5 Å². The summed E-state index contributed by atoms with van der Waals surface area (Å²) in [6, 6.07) is 23.3. The number of nitrogens with zero attached hydrogens (tertiary/aromatic N) is 5. The zero-order chi connectivity index (χ0) is 23.9. The second-order valence-corrected chi connectivity index (χ2v) is 8.17. The average molecular weight is 473 g/mol. The number of carbonyl (C=O) groups is 1. The second kappa shape index (κ2) is 10.5. The molecule has 0 aliphatic heterocycles. The zero-order valence-corrected chi connectivity index (χ0v) is 19.0. The van der Waals surface area contributed by atoms with Crippen molar-refractivity contribution in [1.29, 1.82) is 0 Å². The van der Waals surface area contributed by atoms with Crippen LogP contribution in [0.2, 0.25) is 0 Å². The Labute approximate surface area is 199 Å². The van der Waals surface area contributed by atoms with Gasteiger partial charge in [0, 0.05) is 23.4 Å². The third-order valence-electron chi connectivity index (χ3n) is 4.88. The van der Waals surface area contributed by atoms with Crippen LogP contribution in [0, 0.1) is 17.0 Å². The Balaban J connectivity index is 1.54. The molecule has 0 aliphatic rings. The molecule has 0 unspecified atom stereocenters. The number of nitro benzene ring substituents is 1. The lowest BCUT2D eigenvalue weighted by Gasteiger charge is -2.10. The van der Waals surface area contributed by atoms with Gasteiger partial charge in [0.05, 0.1) is 16.9 Å². The maximum Gasteiger partial charge on any atom is 0.270 e. The highest BCUT2D eigenvalue weighted by Gasteiger charge is 2.19. The van der Waals surface area contributed by atoms with E-state index in [1.54, 1.807) is 22.9 Å². The summed E-state index contributed by atoms with van der Waals surface area (Å²) < 4.78 is 1.77. The Morgan fingerprint density at radius 2 is 1.85 bits per heavy atom. The molecule has 0 radical (unpaired) electrons. The molecule has 0 aliphatic carbocycles. The Kier molecular flexibility index (Phi) is 7.09. The van der Waals surface area contributed by atoms with Crippen molar-refractivity contribution in [1.82, 2.24) is 20.2 Å². The van der Waals surface area contributed by atoms with Crippen LogP contribution in [0.4, 0.5) is 5.69 Å². The molecule has 0 fully saturated rings. The van der Waals surface area contributed by atoms with Gasteiger partial charge in [0.25, 0.3) is 11.6 Å². The summed E-state index contributed by atoms with van der Waals surface area (Å²) in [6.45, 7) is 1.97. The number of benzene rings is 3. The number of hydrogen-bond acceptors (Lipinski definition) is 7. The number of para-hydroxylation sites is 1.